The number of hydrogen-bond donors (Lipinski definition) is 0. The van der Waals surface area contributed by atoms with Gasteiger partial charge in [-0.05, 0) is 36.0 Å². The summed E-state index contributed by atoms with van der Waals surface area (Å²) in [6.07, 6.45) is 0. The molecule has 1 aliphatic rings. The minimum Gasteiger partial charge on any atom is -0.424 e. The fourth-order valence-corrected chi connectivity index (χ4v) is 5.64. The maximum Gasteiger partial charge on any atom is 0.243 e. The molecule has 2 aromatic rings. The number of aromatic nitrogens is 2. The van der Waals surface area contributed by atoms with Gasteiger partial charge in [0.05, 0.1) is 11.4 Å². The van der Waals surface area contributed by atoms with E-state index in [-0.39, 0.29) is 11.3 Å². The van der Waals surface area contributed by atoms with Crippen molar-refractivity contribution in [3.05, 3.63) is 40.6 Å². The Hall–Kier alpha value is -1.77. The fraction of sp³-hybridized carbons (Fsp3) is 0.636. The van der Waals surface area contributed by atoms with Crippen molar-refractivity contribution in [2.24, 2.45) is 0 Å². The van der Waals surface area contributed by atoms with Crippen LogP contribution in [0, 0.1) is 13.8 Å². The number of sulfonamides is 1. The third-order valence-corrected chi connectivity index (χ3v) is 7.80. The lowest BCUT2D eigenvalue weighted by atomic mass is 9.85. The molecule has 0 aliphatic carbocycles. The van der Waals surface area contributed by atoms with E-state index in [0.29, 0.717) is 49.4 Å². The Morgan fingerprint density at radius 3 is 2.07 bits per heavy atom. The molecule has 3 rings (SSSR count). The minimum atomic E-state index is -3.53. The molecular weight excluding hydrogens is 400 g/mol. The van der Waals surface area contributed by atoms with Gasteiger partial charge in [0.2, 0.25) is 21.8 Å². The van der Waals surface area contributed by atoms with Gasteiger partial charge in [0.1, 0.15) is 0 Å². The molecule has 1 aromatic carbocycles. The molecule has 0 spiro atoms. The Morgan fingerprint density at radius 1 is 1.03 bits per heavy atom. The van der Waals surface area contributed by atoms with Crippen molar-refractivity contribution in [3.8, 4) is 0 Å². The SMILES string of the molecule is Cc1cc(C(C)(C)C)cc(C)c1S(=O)(=O)N1CCN(Cc2nnc(C(C)C)o2)CC1. The van der Waals surface area contributed by atoms with Crippen LogP contribution in [0.1, 0.15) is 69.0 Å². The zero-order chi connectivity index (χ0) is 22.3. The summed E-state index contributed by atoms with van der Waals surface area (Å²) in [5, 5.41) is 8.18. The molecule has 0 bridgehead atoms. The number of piperazine rings is 1. The van der Waals surface area contributed by atoms with E-state index in [0.717, 1.165) is 16.7 Å². The highest BCUT2D eigenvalue weighted by Crippen LogP contribution is 2.31. The minimum absolute atomic E-state index is 0.0202. The summed E-state index contributed by atoms with van der Waals surface area (Å²) in [6, 6.07) is 4.02. The molecule has 0 N–H and O–H groups in total. The van der Waals surface area contributed by atoms with E-state index in [9.17, 15) is 8.42 Å². The summed E-state index contributed by atoms with van der Waals surface area (Å²) >= 11 is 0. The summed E-state index contributed by atoms with van der Waals surface area (Å²) in [4.78, 5) is 2.61. The Bertz CT molecular complexity index is 975. The average Bonchev–Trinajstić information content (AvgIpc) is 3.09. The zero-order valence-electron chi connectivity index (χ0n) is 19.2. The van der Waals surface area contributed by atoms with E-state index in [4.69, 9.17) is 4.42 Å². The molecule has 1 saturated heterocycles. The van der Waals surface area contributed by atoms with Crippen molar-refractivity contribution in [2.45, 2.75) is 71.2 Å². The first-order chi connectivity index (χ1) is 13.9. The molecule has 0 amide bonds. The fourth-order valence-electron chi connectivity index (χ4n) is 3.80. The number of aryl methyl sites for hydroxylation is 2. The number of rotatable bonds is 5. The van der Waals surface area contributed by atoms with E-state index in [1.807, 2.05) is 39.8 Å². The molecule has 166 valence electrons. The second kappa shape index (κ2) is 8.40. The maximum absolute atomic E-state index is 13.4. The first-order valence-corrected chi connectivity index (χ1v) is 12.0. The van der Waals surface area contributed by atoms with Crippen LogP contribution in [-0.4, -0.2) is 54.0 Å². The molecule has 0 saturated carbocycles. The Balaban J connectivity index is 1.71. The highest BCUT2D eigenvalue weighted by Gasteiger charge is 2.32. The van der Waals surface area contributed by atoms with E-state index in [2.05, 4.69) is 35.9 Å². The van der Waals surface area contributed by atoms with Crippen molar-refractivity contribution < 1.29 is 12.8 Å². The van der Waals surface area contributed by atoms with Gasteiger partial charge in [-0.1, -0.05) is 46.8 Å². The second-order valence-electron chi connectivity index (χ2n) is 9.56. The normalized spacial score (nSPS) is 17.1. The molecule has 0 radical (unpaired) electrons. The van der Waals surface area contributed by atoms with Crippen molar-refractivity contribution >= 4 is 10.0 Å². The summed E-state index contributed by atoms with van der Waals surface area (Å²) in [5.41, 5.74) is 2.76. The van der Waals surface area contributed by atoms with Crippen LogP contribution in [0.15, 0.2) is 21.4 Å². The van der Waals surface area contributed by atoms with Gasteiger partial charge in [-0.15, -0.1) is 10.2 Å². The molecule has 1 aliphatic heterocycles. The lowest BCUT2D eigenvalue weighted by Crippen LogP contribution is -2.48. The third-order valence-electron chi connectivity index (χ3n) is 5.59. The van der Waals surface area contributed by atoms with Crippen molar-refractivity contribution in [3.63, 3.8) is 0 Å². The van der Waals surface area contributed by atoms with Gasteiger partial charge in [-0.2, -0.15) is 4.31 Å². The zero-order valence-corrected chi connectivity index (χ0v) is 20.0. The van der Waals surface area contributed by atoms with Crippen molar-refractivity contribution in [1.29, 1.82) is 0 Å². The van der Waals surface area contributed by atoms with E-state index >= 15 is 0 Å². The first-order valence-electron chi connectivity index (χ1n) is 10.6. The summed E-state index contributed by atoms with van der Waals surface area (Å²) in [7, 11) is -3.53. The molecule has 8 heteroatoms. The maximum atomic E-state index is 13.4. The van der Waals surface area contributed by atoms with Gasteiger partial charge >= 0.3 is 0 Å². The monoisotopic (exact) mass is 434 g/mol. The Morgan fingerprint density at radius 2 is 1.60 bits per heavy atom. The van der Waals surface area contributed by atoms with Crippen LogP contribution in [0.25, 0.3) is 0 Å². The quantitative estimate of drug-likeness (QED) is 0.715. The lowest BCUT2D eigenvalue weighted by Gasteiger charge is -2.34. The largest absolute Gasteiger partial charge is 0.424 e. The van der Waals surface area contributed by atoms with Gasteiger partial charge in [0, 0.05) is 32.1 Å². The molecule has 2 heterocycles. The molecule has 1 fully saturated rings. The van der Waals surface area contributed by atoms with E-state index in [1.165, 1.54) is 0 Å². The summed E-state index contributed by atoms with van der Waals surface area (Å²) < 4.78 is 34.1. The second-order valence-corrected chi connectivity index (χ2v) is 11.4. The summed E-state index contributed by atoms with van der Waals surface area (Å²) in [5.74, 6) is 1.42. The van der Waals surface area contributed by atoms with Crippen LogP contribution in [-0.2, 0) is 22.0 Å². The molecule has 0 unspecified atom stereocenters. The van der Waals surface area contributed by atoms with Crippen LogP contribution in [0.5, 0.6) is 0 Å². The van der Waals surface area contributed by atoms with Gasteiger partial charge in [-0.3, -0.25) is 4.90 Å². The van der Waals surface area contributed by atoms with Crippen LogP contribution in [0.2, 0.25) is 0 Å². The van der Waals surface area contributed by atoms with Crippen LogP contribution in [0.4, 0.5) is 0 Å². The molecule has 30 heavy (non-hydrogen) atoms. The Kier molecular flexibility index (Phi) is 6.41. The van der Waals surface area contributed by atoms with Crippen LogP contribution in [0.3, 0.4) is 0 Å². The molecule has 0 atom stereocenters. The number of nitrogens with zero attached hydrogens (tertiary/aromatic N) is 4. The van der Waals surface area contributed by atoms with Crippen LogP contribution < -0.4 is 0 Å². The van der Waals surface area contributed by atoms with Gasteiger partial charge < -0.3 is 4.42 Å². The first kappa shape index (κ1) is 22.9. The number of hydrogen-bond acceptors (Lipinski definition) is 6. The van der Waals surface area contributed by atoms with Crippen LogP contribution >= 0.6 is 0 Å². The lowest BCUT2D eigenvalue weighted by molar-refractivity contribution is 0.167. The highest BCUT2D eigenvalue weighted by molar-refractivity contribution is 7.89. The predicted octanol–water partition coefficient (Wildman–Crippen LogP) is 3.61. The van der Waals surface area contributed by atoms with Gasteiger partial charge in [0.15, 0.2) is 0 Å². The van der Waals surface area contributed by atoms with Gasteiger partial charge in [0.25, 0.3) is 0 Å². The molecule has 7 nitrogen and oxygen atoms in total. The Labute approximate surface area is 180 Å². The molecular formula is C22H34N4O3S. The predicted molar refractivity (Wildman–Crippen MR) is 117 cm³/mol. The third kappa shape index (κ3) is 4.76. The van der Waals surface area contributed by atoms with Gasteiger partial charge in [-0.25, -0.2) is 8.42 Å². The van der Waals surface area contributed by atoms with E-state index < -0.39 is 10.0 Å². The average molecular weight is 435 g/mol. The molecule has 1 aromatic heterocycles. The van der Waals surface area contributed by atoms with Crippen molar-refractivity contribution in [2.75, 3.05) is 26.2 Å². The highest BCUT2D eigenvalue weighted by atomic mass is 32.2. The standard InChI is InChI=1S/C22H34N4O3S/c1-15(2)21-24-23-19(29-21)14-25-8-10-26(11-9-25)30(27,28)20-16(3)12-18(13-17(20)4)22(5,6)7/h12-13,15H,8-11,14H2,1-7H3. The van der Waals surface area contributed by atoms with E-state index in [1.54, 1.807) is 4.31 Å². The van der Waals surface area contributed by atoms with Crippen molar-refractivity contribution in [1.82, 2.24) is 19.4 Å². The number of benzene rings is 1. The smallest absolute Gasteiger partial charge is 0.243 e. The topological polar surface area (TPSA) is 79.5 Å². The summed E-state index contributed by atoms with van der Waals surface area (Å²) in [6.45, 7) is 17.0.